The second-order valence-corrected chi connectivity index (χ2v) is 6.46. The van der Waals surface area contributed by atoms with Crippen molar-refractivity contribution < 1.29 is 10.0 Å². The maximum atomic E-state index is 11.1. The predicted molar refractivity (Wildman–Crippen MR) is 123 cm³/mol. The number of allylic oxidation sites excluding steroid dienone is 7. The number of aryl methyl sites for hydroxylation is 1. The summed E-state index contributed by atoms with van der Waals surface area (Å²) in [6, 6.07) is 8.49. The summed E-state index contributed by atoms with van der Waals surface area (Å²) >= 11 is 0. The van der Waals surface area contributed by atoms with Gasteiger partial charge in [0.1, 0.15) is 0 Å². The van der Waals surface area contributed by atoms with E-state index in [0.717, 1.165) is 31.5 Å². The SMILES string of the molecule is C/C=C(/CCNCC1=CC=C(/C=C/C(=O)NO)C=CC1)c1ccccc1C.CC. The molecule has 2 rings (SSSR count). The quantitative estimate of drug-likeness (QED) is 0.243. The first-order valence-electron chi connectivity index (χ1n) is 10.2. The molecular formula is C25H34N2O2. The van der Waals surface area contributed by atoms with Crippen molar-refractivity contribution in [3.63, 3.8) is 0 Å². The topological polar surface area (TPSA) is 61.4 Å². The molecule has 0 atom stereocenters. The number of nitrogens with one attached hydrogen (secondary N) is 2. The Hall–Kier alpha value is -2.69. The minimum atomic E-state index is -0.534. The lowest BCUT2D eigenvalue weighted by atomic mass is 9.98. The maximum Gasteiger partial charge on any atom is 0.267 e. The van der Waals surface area contributed by atoms with Crippen LogP contribution in [0.1, 0.15) is 44.7 Å². The normalized spacial score (nSPS) is 13.9. The molecule has 3 N–H and O–H groups in total. The number of rotatable bonds is 8. The van der Waals surface area contributed by atoms with Gasteiger partial charge in [-0.15, -0.1) is 0 Å². The van der Waals surface area contributed by atoms with E-state index in [1.165, 1.54) is 28.3 Å². The molecule has 0 heterocycles. The molecule has 1 aliphatic carbocycles. The Labute approximate surface area is 175 Å². The van der Waals surface area contributed by atoms with Crippen molar-refractivity contribution in [2.75, 3.05) is 13.1 Å². The number of hydrogen-bond acceptors (Lipinski definition) is 3. The van der Waals surface area contributed by atoms with Crippen molar-refractivity contribution in [1.82, 2.24) is 10.8 Å². The number of benzene rings is 1. The fourth-order valence-corrected chi connectivity index (χ4v) is 2.98. The van der Waals surface area contributed by atoms with Crippen LogP contribution in [0.2, 0.25) is 0 Å². The minimum absolute atomic E-state index is 0.534. The summed E-state index contributed by atoms with van der Waals surface area (Å²) in [6.07, 6.45) is 15.2. The number of hydrogen-bond donors (Lipinski definition) is 3. The Kier molecular flexibility index (Phi) is 12.0. The Morgan fingerprint density at radius 3 is 2.66 bits per heavy atom. The van der Waals surface area contributed by atoms with Gasteiger partial charge in [0, 0.05) is 12.6 Å². The molecule has 1 aromatic carbocycles. The molecule has 0 bridgehead atoms. The standard InChI is InChI=1S/C23H28N2O2.C2H6/c1-3-21(22-10-5-4-7-18(22)2)15-16-24-17-20-9-6-8-19(11-12-20)13-14-23(26)25-27;1-2/h3-8,10-14,24,27H,9,15-17H2,1-2H3,(H,25,26);1-2H3/b14-13+,21-3-;. The van der Waals surface area contributed by atoms with Gasteiger partial charge in [-0.05, 0) is 61.6 Å². The molecule has 0 saturated heterocycles. The summed E-state index contributed by atoms with van der Waals surface area (Å²) in [6.45, 7) is 10.00. The summed E-state index contributed by atoms with van der Waals surface area (Å²) in [5.74, 6) is -0.534. The second-order valence-electron chi connectivity index (χ2n) is 6.46. The smallest absolute Gasteiger partial charge is 0.267 e. The van der Waals surface area contributed by atoms with Crippen LogP contribution in [-0.2, 0) is 4.79 Å². The summed E-state index contributed by atoms with van der Waals surface area (Å²) in [4.78, 5) is 11.1. The van der Waals surface area contributed by atoms with Gasteiger partial charge in [-0.25, -0.2) is 5.48 Å². The van der Waals surface area contributed by atoms with Crippen LogP contribution in [0.15, 0.2) is 77.9 Å². The van der Waals surface area contributed by atoms with Crippen molar-refractivity contribution in [3.05, 3.63) is 89.1 Å². The Morgan fingerprint density at radius 1 is 1.21 bits per heavy atom. The molecule has 0 spiro atoms. The van der Waals surface area contributed by atoms with Crippen LogP contribution in [0.5, 0.6) is 0 Å². The molecule has 1 amide bonds. The van der Waals surface area contributed by atoms with Crippen LogP contribution in [-0.4, -0.2) is 24.2 Å². The number of amides is 1. The van der Waals surface area contributed by atoms with Crippen LogP contribution >= 0.6 is 0 Å². The van der Waals surface area contributed by atoms with Gasteiger partial charge in [-0.1, -0.05) is 74.1 Å². The van der Waals surface area contributed by atoms with Gasteiger partial charge < -0.3 is 5.32 Å². The number of hydroxylamine groups is 1. The second kappa shape index (κ2) is 14.3. The zero-order valence-corrected chi connectivity index (χ0v) is 18.0. The molecule has 1 aromatic rings. The molecule has 0 unspecified atom stereocenters. The minimum Gasteiger partial charge on any atom is -0.313 e. The third-order valence-corrected chi connectivity index (χ3v) is 4.50. The summed E-state index contributed by atoms with van der Waals surface area (Å²) in [7, 11) is 0. The molecular weight excluding hydrogens is 360 g/mol. The summed E-state index contributed by atoms with van der Waals surface area (Å²) in [5, 5.41) is 12.0. The van der Waals surface area contributed by atoms with Gasteiger partial charge in [-0.2, -0.15) is 0 Å². The van der Waals surface area contributed by atoms with Gasteiger partial charge in [0.25, 0.3) is 5.91 Å². The van der Waals surface area contributed by atoms with Crippen molar-refractivity contribution in [3.8, 4) is 0 Å². The molecule has 0 aliphatic heterocycles. The van der Waals surface area contributed by atoms with E-state index < -0.39 is 5.91 Å². The first-order valence-corrected chi connectivity index (χ1v) is 10.2. The van der Waals surface area contributed by atoms with E-state index in [1.807, 2.05) is 26.0 Å². The molecule has 4 nitrogen and oxygen atoms in total. The average Bonchev–Trinajstić information content (AvgIpc) is 2.99. The van der Waals surface area contributed by atoms with E-state index >= 15 is 0 Å². The Balaban J connectivity index is 0.00000204. The summed E-state index contributed by atoms with van der Waals surface area (Å²) < 4.78 is 0. The average molecular weight is 395 g/mol. The van der Waals surface area contributed by atoms with Crippen LogP contribution in [0.25, 0.3) is 5.57 Å². The van der Waals surface area contributed by atoms with Crippen molar-refractivity contribution in [1.29, 1.82) is 0 Å². The highest BCUT2D eigenvalue weighted by molar-refractivity contribution is 5.87. The first-order chi connectivity index (χ1) is 14.1. The van der Waals surface area contributed by atoms with Gasteiger partial charge in [-0.3, -0.25) is 10.0 Å². The highest BCUT2D eigenvalue weighted by Gasteiger charge is 2.04. The third kappa shape index (κ3) is 8.90. The van der Waals surface area contributed by atoms with Crippen molar-refractivity contribution in [2.45, 2.75) is 40.5 Å². The third-order valence-electron chi connectivity index (χ3n) is 4.50. The highest BCUT2D eigenvalue weighted by atomic mass is 16.5. The fraction of sp³-hybridized carbons (Fsp3) is 0.320. The van der Waals surface area contributed by atoms with Crippen molar-refractivity contribution in [2.24, 2.45) is 0 Å². The van der Waals surface area contributed by atoms with E-state index in [-0.39, 0.29) is 0 Å². The Bertz CT molecular complexity index is 799. The fourth-order valence-electron chi connectivity index (χ4n) is 2.98. The van der Waals surface area contributed by atoms with Gasteiger partial charge in [0.15, 0.2) is 0 Å². The maximum absolute atomic E-state index is 11.1. The van der Waals surface area contributed by atoms with E-state index in [2.05, 4.69) is 61.7 Å². The van der Waals surface area contributed by atoms with Crippen LogP contribution in [0.3, 0.4) is 0 Å². The monoisotopic (exact) mass is 394 g/mol. The molecule has 0 fully saturated rings. The van der Waals surface area contributed by atoms with Gasteiger partial charge >= 0.3 is 0 Å². The molecule has 0 aromatic heterocycles. The molecule has 156 valence electrons. The molecule has 1 aliphatic rings. The Morgan fingerprint density at radius 2 is 1.97 bits per heavy atom. The lowest BCUT2D eigenvalue weighted by molar-refractivity contribution is -0.124. The summed E-state index contributed by atoms with van der Waals surface area (Å²) in [5.41, 5.74) is 7.79. The molecule has 0 saturated carbocycles. The van der Waals surface area contributed by atoms with Crippen LogP contribution in [0, 0.1) is 6.92 Å². The number of carbonyl (C=O) groups is 1. The predicted octanol–water partition coefficient (Wildman–Crippen LogP) is 5.28. The highest BCUT2D eigenvalue weighted by Crippen LogP contribution is 2.21. The first kappa shape index (κ1) is 24.3. The van der Waals surface area contributed by atoms with Crippen molar-refractivity contribution >= 4 is 11.5 Å². The molecule has 4 heteroatoms. The van der Waals surface area contributed by atoms with Crippen LogP contribution < -0.4 is 10.8 Å². The van der Waals surface area contributed by atoms with Gasteiger partial charge in [0.2, 0.25) is 0 Å². The zero-order valence-electron chi connectivity index (χ0n) is 18.0. The molecule has 0 radical (unpaired) electrons. The van der Waals surface area contributed by atoms with E-state index in [9.17, 15) is 4.79 Å². The lowest BCUT2D eigenvalue weighted by Crippen LogP contribution is -2.18. The lowest BCUT2D eigenvalue weighted by Gasteiger charge is -2.12. The van der Waals surface area contributed by atoms with Gasteiger partial charge in [0.05, 0.1) is 0 Å². The van der Waals surface area contributed by atoms with E-state index in [4.69, 9.17) is 5.21 Å². The number of carbonyl (C=O) groups excluding carboxylic acids is 1. The zero-order chi connectivity index (χ0) is 21.5. The van der Waals surface area contributed by atoms with Crippen LogP contribution in [0.4, 0.5) is 0 Å². The molecule has 29 heavy (non-hydrogen) atoms. The van der Waals surface area contributed by atoms with E-state index in [0.29, 0.717) is 0 Å². The largest absolute Gasteiger partial charge is 0.313 e. The van der Waals surface area contributed by atoms with E-state index in [1.54, 1.807) is 11.6 Å².